The highest BCUT2D eigenvalue weighted by molar-refractivity contribution is 5.90. The maximum absolute atomic E-state index is 11.6. The van der Waals surface area contributed by atoms with E-state index in [9.17, 15) is 4.79 Å². The molecule has 1 aliphatic rings. The fourth-order valence-corrected chi connectivity index (χ4v) is 2.21. The van der Waals surface area contributed by atoms with Crippen LogP contribution in [0.25, 0.3) is 0 Å². The number of benzene rings is 1. The third-order valence-electron chi connectivity index (χ3n) is 3.14. The largest absolute Gasteiger partial charge is 0.326 e. The Morgan fingerprint density at radius 3 is 2.94 bits per heavy atom. The molecule has 16 heavy (non-hydrogen) atoms. The van der Waals surface area contributed by atoms with Crippen molar-refractivity contribution in [3.63, 3.8) is 0 Å². The molecule has 0 heterocycles. The van der Waals surface area contributed by atoms with Crippen molar-refractivity contribution in [3.05, 3.63) is 29.3 Å². The zero-order valence-electron chi connectivity index (χ0n) is 9.88. The molecule has 2 nitrogen and oxygen atoms in total. The Morgan fingerprint density at radius 1 is 1.31 bits per heavy atom. The van der Waals surface area contributed by atoms with Gasteiger partial charge in [-0.15, -0.1) is 0 Å². The minimum atomic E-state index is 0.139. The number of amides is 1. The molecule has 1 amide bonds. The molecule has 0 atom stereocenters. The summed E-state index contributed by atoms with van der Waals surface area (Å²) in [6, 6.07) is 6.30. The predicted octanol–water partition coefficient (Wildman–Crippen LogP) is 3.30. The van der Waals surface area contributed by atoms with Gasteiger partial charge in [-0.05, 0) is 48.9 Å². The number of unbranched alkanes of at least 4 members (excludes halogenated alkanes) is 1. The van der Waals surface area contributed by atoms with Crippen molar-refractivity contribution < 1.29 is 4.79 Å². The Hall–Kier alpha value is -1.31. The first-order valence-corrected chi connectivity index (χ1v) is 6.21. The van der Waals surface area contributed by atoms with E-state index in [4.69, 9.17) is 0 Å². The van der Waals surface area contributed by atoms with Crippen LogP contribution >= 0.6 is 0 Å². The number of carbonyl (C=O) groups excluding carboxylic acids is 1. The van der Waals surface area contributed by atoms with E-state index in [1.807, 2.05) is 6.07 Å². The number of rotatable bonds is 4. The molecule has 0 unspecified atom stereocenters. The van der Waals surface area contributed by atoms with Crippen molar-refractivity contribution in [3.8, 4) is 0 Å². The van der Waals surface area contributed by atoms with Crippen LogP contribution in [0.1, 0.15) is 43.7 Å². The third kappa shape index (κ3) is 2.63. The van der Waals surface area contributed by atoms with Crippen LogP contribution in [-0.2, 0) is 17.6 Å². The van der Waals surface area contributed by atoms with Crippen LogP contribution in [0.5, 0.6) is 0 Å². The highest BCUT2D eigenvalue weighted by atomic mass is 16.1. The van der Waals surface area contributed by atoms with Crippen molar-refractivity contribution in [1.29, 1.82) is 0 Å². The highest BCUT2D eigenvalue weighted by Gasteiger charge is 2.11. The summed E-state index contributed by atoms with van der Waals surface area (Å²) in [6.45, 7) is 2.10. The predicted molar refractivity (Wildman–Crippen MR) is 66.6 cm³/mol. The van der Waals surface area contributed by atoms with E-state index in [0.29, 0.717) is 6.42 Å². The second-order valence-electron chi connectivity index (χ2n) is 4.49. The van der Waals surface area contributed by atoms with E-state index >= 15 is 0 Å². The summed E-state index contributed by atoms with van der Waals surface area (Å²) in [7, 11) is 0. The number of fused-ring (bicyclic) bond motifs is 1. The zero-order chi connectivity index (χ0) is 11.4. The molecule has 0 aliphatic heterocycles. The van der Waals surface area contributed by atoms with Gasteiger partial charge in [-0.25, -0.2) is 0 Å². The Labute approximate surface area is 97.1 Å². The van der Waals surface area contributed by atoms with Crippen molar-refractivity contribution in [1.82, 2.24) is 0 Å². The summed E-state index contributed by atoms with van der Waals surface area (Å²) in [6.07, 6.45) is 6.28. The average molecular weight is 217 g/mol. The molecule has 1 aromatic rings. The molecule has 0 bridgehead atoms. The number of hydrogen-bond acceptors (Lipinski definition) is 1. The maximum atomic E-state index is 11.6. The summed E-state index contributed by atoms with van der Waals surface area (Å²) < 4.78 is 0. The topological polar surface area (TPSA) is 29.1 Å². The van der Waals surface area contributed by atoms with E-state index < -0.39 is 0 Å². The lowest BCUT2D eigenvalue weighted by molar-refractivity contribution is -0.116. The van der Waals surface area contributed by atoms with Gasteiger partial charge in [-0.2, -0.15) is 0 Å². The minimum absolute atomic E-state index is 0.139. The average Bonchev–Trinajstić information content (AvgIpc) is 2.73. The van der Waals surface area contributed by atoms with Crippen molar-refractivity contribution in [2.45, 2.75) is 45.4 Å². The molecule has 0 spiro atoms. The van der Waals surface area contributed by atoms with Gasteiger partial charge in [0.05, 0.1) is 0 Å². The van der Waals surface area contributed by atoms with Gasteiger partial charge < -0.3 is 5.32 Å². The first-order chi connectivity index (χ1) is 7.79. The van der Waals surface area contributed by atoms with Crippen LogP contribution in [0, 0.1) is 0 Å². The van der Waals surface area contributed by atoms with E-state index in [2.05, 4.69) is 24.4 Å². The summed E-state index contributed by atoms with van der Waals surface area (Å²) in [5.41, 5.74) is 3.82. The van der Waals surface area contributed by atoms with Gasteiger partial charge in [0.15, 0.2) is 0 Å². The second kappa shape index (κ2) is 5.15. The van der Waals surface area contributed by atoms with Crippen LogP contribution < -0.4 is 5.32 Å². The minimum Gasteiger partial charge on any atom is -0.326 e. The van der Waals surface area contributed by atoms with Gasteiger partial charge in [-0.3, -0.25) is 4.79 Å². The molecule has 1 aromatic carbocycles. The van der Waals surface area contributed by atoms with Gasteiger partial charge in [0.25, 0.3) is 0 Å². The normalized spacial score (nSPS) is 13.6. The van der Waals surface area contributed by atoms with Crippen LogP contribution in [0.3, 0.4) is 0 Å². The molecule has 0 aromatic heterocycles. The SMILES string of the molecule is CCCCC(=O)Nc1ccc2c(c1)CCC2. The summed E-state index contributed by atoms with van der Waals surface area (Å²) in [4.78, 5) is 11.6. The van der Waals surface area contributed by atoms with E-state index in [1.54, 1.807) is 0 Å². The maximum Gasteiger partial charge on any atom is 0.224 e. The summed E-state index contributed by atoms with van der Waals surface area (Å²) in [5, 5.41) is 2.97. The monoisotopic (exact) mass is 217 g/mol. The molecule has 0 saturated heterocycles. The van der Waals surface area contributed by atoms with Crippen molar-refractivity contribution in [2.24, 2.45) is 0 Å². The van der Waals surface area contributed by atoms with Crippen molar-refractivity contribution in [2.75, 3.05) is 5.32 Å². The van der Waals surface area contributed by atoms with Gasteiger partial charge in [0.1, 0.15) is 0 Å². The number of anilines is 1. The van der Waals surface area contributed by atoms with Crippen LogP contribution in [0.4, 0.5) is 5.69 Å². The molecule has 0 fully saturated rings. The lowest BCUT2D eigenvalue weighted by Gasteiger charge is -2.07. The molecule has 86 valence electrons. The smallest absolute Gasteiger partial charge is 0.224 e. The second-order valence-corrected chi connectivity index (χ2v) is 4.49. The number of aryl methyl sites for hydroxylation is 2. The van der Waals surface area contributed by atoms with Gasteiger partial charge >= 0.3 is 0 Å². The number of carbonyl (C=O) groups is 1. The lowest BCUT2D eigenvalue weighted by Crippen LogP contribution is -2.11. The Balaban J connectivity index is 1.97. The molecular formula is C14H19NO. The lowest BCUT2D eigenvalue weighted by atomic mass is 10.1. The molecule has 2 rings (SSSR count). The highest BCUT2D eigenvalue weighted by Crippen LogP contribution is 2.24. The summed E-state index contributed by atoms with van der Waals surface area (Å²) >= 11 is 0. The van der Waals surface area contributed by atoms with Crippen molar-refractivity contribution >= 4 is 11.6 Å². The van der Waals surface area contributed by atoms with Crippen LogP contribution in [0.2, 0.25) is 0 Å². The molecule has 0 saturated carbocycles. The van der Waals surface area contributed by atoms with Crippen LogP contribution in [-0.4, -0.2) is 5.91 Å². The fourth-order valence-electron chi connectivity index (χ4n) is 2.21. The fraction of sp³-hybridized carbons (Fsp3) is 0.500. The molecular weight excluding hydrogens is 198 g/mol. The van der Waals surface area contributed by atoms with Gasteiger partial charge in [-0.1, -0.05) is 19.4 Å². The van der Waals surface area contributed by atoms with Gasteiger partial charge in [0, 0.05) is 12.1 Å². The standard InChI is InChI=1S/C14H19NO/c1-2-3-7-14(16)15-13-9-8-11-5-4-6-12(11)10-13/h8-10H,2-7H2,1H3,(H,15,16). The number of hydrogen-bond donors (Lipinski definition) is 1. The zero-order valence-corrected chi connectivity index (χ0v) is 9.88. The van der Waals surface area contributed by atoms with E-state index in [-0.39, 0.29) is 5.91 Å². The first-order valence-electron chi connectivity index (χ1n) is 6.21. The third-order valence-corrected chi connectivity index (χ3v) is 3.14. The molecule has 1 aliphatic carbocycles. The van der Waals surface area contributed by atoms with Gasteiger partial charge in [0.2, 0.25) is 5.91 Å². The quantitative estimate of drug-likeness (QED) is 0.823. The first kappa shape index (κ1) is 11.2. The Kier molecular flexibility index (Phi) is 3.60. The number of nitrogens with one attached hydrogen (secondary N) is 1. The van der Waals surface area contributed by atoms with Crippen LogP contribution in [0.15, 0.2) is 18.2 Å². The van der Waals surface area contributed by atoms with E-state index in [1.165, 1.54) is 24.0 Å². The molecule has 0 radical (unpaired) electrons. The summed E-state index contributed by atoms with van der Waals surface area (Å²) in [5.74, 6) is 0.139. The molecule has 1 N–H and O–H groups in total. The Bertz CT molecular complexity index is 384. The Morgan fingerprint density at radius 2 is 2.12 bits per heavy atom. The van der Waals surface area contributed by atoms with E-state index in [0.717, 1.165) is 24.9 Å². The molecule has 2 heteroatoms.